The minimum atomic E-state index is 0.159. The Labute approximate surface area is 131 Å². The molecule has 0 aliphatic carbocycles. The van der Waals surface area contributed by atoms with Crippen molar-refractivity contribution in [3.8, 4) is 0 Å². The number of hydrogen-bond acceptors (Lipinski definition) is 4. The molecule has 0 aromatic carbocycles. The standard InChI is InChI=1S/C17H37NO3/c1-15(2)17(6,14-18-16(3,4)5)8-9-20-12-13-21-11-10-19-7/h15,18H,8-14H2,1-7H3. The smallest absolute Gasteiger partial charge is 0.0701 e. The quantitative estimate of drug-likeness (QED) is 0.562. The molecule has 4 heteroatoms. The molecule has 0 aromatic heterocycles. The van der Waals surface area contributed by atoms with Gasteiger partial charge in [-0.3, -0.25) is 0 Å². The Morgan fingerprint density at radius 3 is 1.86 bits per heavy atom. The Morgan fingerprint density at radius 1 is 0.857 bits per heavy atom. The molecule has 4 nitrogen and oxygen atoms in total. The summed E-state index contributed by atoms with van der Waals surface area (Å²) >= 11 is 0. The molecule has 0 aliphatic heterocycles. The van der Waals surface area contributed by atoms with Gasteiger partial charge in [0.1, 0.15) is 0 Å². The molecule has 0 fully saturated rings. The van der Waals surface area contributed by atoms with E-state index in [1.165, 1.54) is 0 Å². The predicted molar refractivity (Wildman–Crippen MR) is 88.8 cm³/mol. The molecule has 21 heavy (non-hydrogen) atoms. The van der Waals surface area contributed by atoms with E-state index in [4.69, 9.17) is 14.2 Å². The molecule has 1 atom stereocenters. The molecule has 0 radical (unpaired) electrons. The van der Waals surface area contributed by atoms with E-state index in [-0.39, 0.29) is 11.0 Å². The van der Waals surface area contributed by atoms with Crippen LogP contribution in [0.4, 0.5) is 0 Å². The molecule has 0 saturated carbocycles. The van der Waals surface area contributed by atoms with Crippen molar-refractivity contribution in [2.24, 2.45) is 11.3 Å². The number of hydrogen-bond donors (Lipinski definition) is 1. The highest BCUT2D eigenvalue weighted by molar-refractivity contribution is 4.83. The lowest BCUT2D eigenvalue weighted by Crippen LogP contribution is -2.45. The fourth-order valence-corrected chi connectivity index (χ4v) is 1.82. The minimum Gasteiger partial charge on any atom is -0.382 e. The third-order valence-corrected chi connectivity index (χ3v) is 4.04. The van der Waals surface area contributed by atoms with E-state index in [1.807, 2.05) is 0 Å². The van der Waals surface area contributed by atoms with Gasteiger partial charge in [-0.25, -0.2) is 0 Å². The van der Waals surface area contributed by atoms with Crippen molar-refractivity contribution >= 4 is 0 Å². The van der Waals surface area contributed by atoms with Gasteiger partial charge < -0.3 is 19.5 Å². The van der Waals surface area contributed by atoms with Crippen LogP contribution in [0.15, 0.2) is 0 Å². The highest BCUT2D eigenvalue weighted by Crippen LogP contribution is 2.30. The molecule has 1 N–H and O–H groups in total. The average molecular weight is 303 g/mol. The number of ether oxygens (including phenoxy) is 3. The largest absolute Gasteiger partial charge is 0.382 e. The minimum absolute atomic E-state index is 0.159. The monoisotopic (exact) mass is 303 g/mol. The van der Waals surface area contributed by atoms with Gasteiger partial charge in [0.05, 0.1) is 26.4 Å². The second-order valence-corrected chi connectivity index (χ2v) is 7.38. The Balaban J connectivity index is 3.88. The average Bonchev–Trinajstić information content (AvgIpc) is 2.38. The first-order valence-corrected chi connectivity index (χ1v) is 8.11. The second-order valence-electron chi connectivity index (χ2n) is 7.38. The Bertz CT molecular complexity index is 251. The van der Waals surface area contributed by atoms with Crippen molar-refractivity contribution in [2.75, 3.05) is 46.7 Å². The van der Waals surface area contributed by atoms with Crippen LogP contribution in [0.2, 0.25) is 0 Å². The zero-order valence-corrected chi connectivity index (χ0v) is 15.3. The summed E-state index contributed by atoms with van der Waals surface area (Å²) in [6, 6.07) is 0. The SMILES string of the molecule is COCCOCCOCCC(C)(CNC(C)(C)C)C(C)C. The van der Waals surface area contributed by atoms with Gasteiger partial charge in [0, 0.05) is 25.8 Å². The van der Waals surface area contributed by atoms with Crippen LogP contribution in [0, 0.1) is 11.3 Å². The van der Waals surface area contributed by atoms with Crippen molar-refractivity contribution in [1.82, 2.24) is 5.32 Å². The van der Waals surface area contributed by atoms with Crippen LogP contribution in [0.1, 0.15) is 48.0 Å². The summed E-state index contributed by atoms with van der Waals surface area (Å²) in [7, 11) is 1.68. The fraction of sp³-hybridized carbons (Fsp3) is 1.00. The van der Waals surface area contributed by atoms with Crippen LogP contribution in [-0.2, 0) is 14.2 Å². The maximum atomic E-state index is 5.70. The van der Waals surface area contributed by atoms with E-state index in [0.29, 0.717) is 32.3 Å². The van der Waals surface area contributed by atoms with Gasteiger partial charge in [0.15, 0.2) is 0 Å². The van der Waals surface area contributed by atoms with Crippen LogP contribution < -0.4 is 5.32 Å². The normalized spacial score (nSPS) is 15.4. The van der Waals surface area contributed by atoms with E-state index in [2.05, 4.69) is 46.9 Å². The third kappa shape index (κ3) is 11.1. The highest BCUT2D eigenvalue weighted by Gasteiger charge is 2.29. The first-order valence-electron chi connectivity index (χ1n) is 8.11. The number of methoxy groups -OCH3 is 1. The van der Waals surface area contributed by atoms with Gasteiger partial charge in [-0.15, -0.1) is 0 Å². The maximum absolute atomic E-state index is 5.70. The molecule has 1 unspecified atom stereocenters. The molecule has 0 spiro atoms. The predicted octanol–water partition coefficient (Wildman–Crippen LogP) is 3.11. The number of nitrogens with one attached hydrogen (secondary N) is 1. The third-order valence-electron chi connectivity index (χ3n) is 4.04. The number of rotatable bonds is 12. The topological polar surface area (TPSA) is 39.7 Å². The van der Waals surface area contributed by atoms with Gasteiger partial charge >= 0.3 is 0 Å². The van der Waals surface area contributed by atoms with Crippen LogP contribution >= 0.6 is 0 Å². The lowest BCUT2D eigenvalue weighted by atomic mass is 9.76. The van der Waals surface area contributed by atoms with E-state index in [1.54, 1.807) is 7.11 Å². The van der Waals surface area contributed by atoms with E-state index < -0.39 is 0 Å². The summed E-state index contributed by atoms with van der Waals surface area (Å²) in [4.78, 5) is 0. The van der Waals surface area contributed by atoms with Crippen LogP contribution in [-0.4, -0.2) is 52.2 Å². The Morgan fingerprint density at radius 2 is 1.38 bits per heavy atom. The molecule has 0 rings (SSSR count). The molecule has 0 aromatic rings. The summed E-state index contributed by atoms with van der Waals surface area (Å²) < 4.78 is 16.0. The zero-order chi connectivity index (χ0) is 16.4. The second kappa shape index (κ2) is 10.5. The van der Waals surface area contributed by atoms with Gasteiger partial charge in [0.2, 0.25) is 0 Å². The van der Waals surface area contributed by atoms with Crippen molar-refractivity contribution in [1.29, 1.82) is 0 Å². The first-order chi connectivity index (χ1) is 9.71. The lowest BCUT2D eigenvalue weighted by molar-refractivity contribution is 0.0131. The van der Waals surface area contributed by atoms with Crippen LogP contribution in [0.3, 0.4) is 0 Å². The van der Waals surface area contributed by atoms with Crippen LogP contribution in [0.25, 0.3) is 0 Å². The van der Waals surface area contributed by atoms with E-state index in [9.17, 15) is 0 Å². The molecule has 128 valence electrons. The maximum Gasteiger partial charge on any atom is 0.0701 e. The summed E-state index contributed by atoms with van der Waals surface area (Å²) in [5.74, 6) is 0.619. The summed E-state index contributed by atoms with van der Waals surface area (Å²) in [6.07, 6.45) is 1.06. The summed E-state index contributed by atoms with van der Waals surface area (Å²) in [6.45, 7) is 17.9. The molecule has 0 amide bonds. The van der Waals surface area contributed by atoms with Crippen LogP contribution in [0.5, 0.6) is 0 Å². The first kappa shape index (κ1) is 20.8. The van der Waals surface area contributed by atoms with Crippen molar-refractivity contribution in [3.05, 3.63) is 0 Å². The van der Waals surface area contributed by atoms with Gasteiger partial charge in [-0.05, 0) is 38.5 Å². The van der Waals surface area contributed by atoms with Gasteiger partial charge in [-0.2, -0.15) is 0 Å². The van der Waals surface area contributed by atoms with Crippen molar-refractivity contribution < 1.29 is 14.2 Å². The lowest BCUT2D eigenvalue weighted by Gasteiger charge is -2.37. The van der Waals surface area contributed by atoms with Crippen molar-refractivity contribution in [2.45, 2.75) is 53.5 Å². The summed E-state index contributed by atoms with van der Waals surface area (Å²) in [5, 5.41) is 3.62. The molecular formula is C17H37NO3. The Kier molecular flexibility index (Phi) is 10.5. The zero-order valence-electron chi connectivity index (χ0n) is 15.3. The van der Waals surface area contributed by atoms with Gasteiger partial charge in [0.25, 0.3) is 0 Å². The Hall–Kier alpha value is -0.160. The fourth-order valence-electron chi connectivity index (χ4n) is 1.82. The molecule has 0 bridgehead atoms. The molecular weight excluding hydrogens is 266 g/mol. The highest BCUT2D eigenvalue weighted by atomic mass is 16.5. The summed E-state index contributed by atoms with van der Waals surface area (Å²) in [5.41, 5.74) is 0.413. The van der Waals surface area contributed by atoms with Gasteiger partial charge in [-0.1, -0.05) is 20.8 Å². The molecule has 0 saturated heterocycles. The van der Waals surface area contributed by atoms with Crippen molar-refractivity contribution in [3.63, 3.8) is 0 Å². The molecule has 0 heterocycles. The van der Waals surface area contributed by atoms with E-state index in [0.717, 1.165) is 19.6 Å². The molecule has 0 aliphatic rings. The van der Waals surface area contributed by atoms with E-state index >= 15 is 0 Å².